The molecule has 1 unspecified atom stereocenters. The van der Waals surface area contributed by atoms with Crippen LogP contribution in [-0.4, -0.2) is 18.1 Å². The van der Waals surface area contributed by atoms with Gasteiger partial charge in [0.05, 0.1) is 7.11 Å². The van der Waals surface area contributed by atoms with Gasteiger partial charge in [0, 0.05) is 5.69 Å². The molecule has 2 aromatic carbocycles. The number of amides is 1. The summed E-state index contributed by atoms with van der Waals surface area (Å²) >= 11 is 0. The maximum Gasteiger partial charge on any atom is 0.257 e. The van der Waals surface area contributed by atoms with E-state index < -0.39 is 12.0 Å². The first-order valence-electron chi connectivity index (χ1n) is 7.24. The molecule has 4 nitrogen and oxygen atoms in total. The molecule has 0 aliphatic heterocycles. The number of rotatable bonds is 5. The quantitative estimate of drug-likeness (QED) is 0.888. The molecule has 0 aliphatic rings. The highest BCUT2D eigenvalue weighted by molar-refractivity contribution is 5.95. The average Bonchev–Trinajstić information content (AvgIpc) is 2.54. The van der Waals surface area contributed by atoms with Gasteiger partial charge in [-0.2, -0.15) is 0 Å². The first-order chi connectivity index (χ1) is 10.5. The Balaban J connectivity index is 2.18. The molecule has 2 N–H and O–H groups in total. The van der Waals surface area contributed by atoms with Crippen molar-refractivity contribution < 1.29 is 14.6 Å². The van der Waals surface area contributed by atoms with Gasteiger partial charge in [0.2, 0.25) is 0 Å². The van der Waals surface area contributed by atoms with Crippen LogP contribution in [0, 0.1) is 0 Å². The van der Waals surface area contributed by atoms with Crippen molar-refractivity contribution in [2.24, 2.45) is 0 Å². The third-order valence-electron chi connectivity index (χ3n) is 3.50. The van der Waals surface area contributed by atoms with E-state index in [1.165, 1.54) is 0 Å². The Hall–Kier alpha value is -2.33. The molecule has 0 spiro atoms. The Morgan fingerprint density at radius 2 is 1.86 bits per heavy atom. The van der Waals surface area contributed by atoms with Crippen LogP contribution in [0.25, 0.3) is 0 Å². The van der Waals surface area contributed by atoms with Crippen molar-refractivity contribution in [1.82, 2.24) is 0 Å². The normalized spacial score (nSPS) is 12.0. The van der Waals surface area contributed by atoms with Crippen LogP contribution in [0.2, 0.25) is 0 Å². The predicted molar refractivity (Wildman–Crippen MR) is 87.1 cm³/mol. The lowest BCUT2D eigenvalue weighted by molar-refractivity contribution is -0.124. The van der Waals surface area contributed by atoms with E-state index in [4.69, 9.17) is 4.74 Å². The van der Waals surface area contributed by atoms with Crippen LogP contribution in [0.3, 0.4) is 0 Å². The zero-order chi connectivity index (χ0) is 16.1. The van der Waals surface area contributed by atoms with E-state index in [0.717, 1.165) is 11.3 Å². The Morgan fingerprint density at radius 1 is 1.14 bits per heavy atom. The molecule has 0 saturated carbocycles. The Labute approximate surface area is 130 Å². The first kappa shape index (κ1) is 16.0. The number of methoxy groups -OCH3 is 1. The van der Waals surface area contributed by atoms with Crippen molar-refractivity contribution in [3.63, 3.8) is 0 Å². The van der Waals surface area contributed by atoms with Crippen molar-refractivity contribution in [2.45, 2.75) is 25.9 Å². The van der Waals surface area contributed by atoms with Gasteiger partial charge in [-0.3, -0.25) is 4.79 Å². The van der Waals surface area contributed by atoms with Crippen LogP contribution in [-0.2, 0) is 4.79 Å². The zero-order valence-electron chi connectivity index (χ0n) is 13.0. The zero-order valence-corrected chi connectivity index (χ0v) is 13.0. The van der Waals surface area contributed by atoms with E-state index in [0.29, 0.717) is 11.3 Å². The Bertz CT molecular complexity index is 652. The molecule has 1 atom stereocenters. The lowest BCUT2D eigenvalue weighted by Crippen LogP contribution is -2.21. The van der Waals surface area contributed by atoms with Gasteiger partial charge < -0.3 is 15.2 Å². The highest BCUT2D eigenvalue weighted by Gasteiger charge is 2.19. The van der Waals surface area contributed by atoms with E-state index >= 15 is 0 Å². The van der Waals surface area contributed by atoms with Gasteiger partial charge in [-0.15, -0.1) is 0 Å². The SMILES string of the molecule is COc1cccc(C(O)C(=O)Nc2ccccc2C(C)C)c1. The van der Waals surface area contributed by atoms with Crippen molar-refractivity contribution in [3.8, 4) is 5.75 Å². The summed E-state index contributed by atoms with van der Waals surface area (Å²) in [7, 11) is 1.55. The fourth-order valence-electron chi connectivity index (χ4n) is 2.28. The van der Waals surface area contributed by atoms with E-state index in [2.05, 4.69) is 19.2 Å². The number of ether oxygens (including phenoxy) is 1. The van der Waals surface area contributed by atoms with Gasteiger partial charge in [0.15, 0.2) is 6.10 Å². The summed E-state index contributed by atoms with van der Waals surface area (Å²) in [5.41, 5.74) is 2.26. The predicted octanol–water partition coefficient (Wildman–Crippen LogP) is 3.49. The second kappa shape index (κ2) is 7.09. The van der Waals surface area contributed by atoms with E-state index in [1.807, 2.05) is 24.3 Å². The van der Waals surface area contributed by atoms with Gasteiger partial charge in [-0.1, -0.05) is 44.2 Å². The van der Waals surface area contributed by atoms with Crippen molar-refractivity contribution in [1.29, 1.82) is 0 Å². The summed E-state index contributed by atoms with van der Waals surface area (Å²) < 4.78 is 5.11. The Morgan fingerprint density at radius 3 is 2.55 bits per heavy atom. The maximum absolute atomic E-state index is 12.3. The molecular formula is C18H21NO3. The van der Waals surface area contributed by atoms with Crippen LogP contribution >= 0.6 is 0 Å². The molecule has 0 heterocycles. The van der Waals surface area contributed by atoms with Crippen LogP contribution in [0.15, 0.2) is 48.5 Å². The molecule has 0 saturated heterocycles. The molecule has 4 heteroatoms. The van der Waals surface area contributed by atoms with Gasteiger partial charge in [-0.05, 0) is 35.2 Å². The summed E-state index contributed by atoms with van der Waals surface area (Å²) in [4.78, 5) is 12.3. The summed E-state index contributed by atoms with van der Waals surface area (Å²) in [6, 6.07) is 14.5. The number of anilines is 1. The summed E-state index contributed by atoms with van der Waals surface area (Å²) in [5.74, 6) is 0.429. The first-order valence-corrected chi connectivity index (χ1v) is 7.24. The summed E-state index contributed by atoms with van der Waals surface area (Å²) in [6.07, 6.45) is -1.24. The molecule has 2 aromatic rings. The molecular weight excluding hydrogens is 278 g/mol. The van der Waals surface area contributed by atoms with Crippen LogP contribution in [0.5, 0.6) is 5.75 Å². The summed E-state index contributed by atoms with van der Waals surface area (Å²) in [6.45, 7) is 4.12. The molecule has 0 bridgehead atoms. The standard InChI is InChI=1S/C18H21NO3/c1-12(2)15-9-4-5-10-16(15)19-18(21)17(20)13-7-6-8-14(11-13)22-3/h4-12,17,20H,1-3H3,(H,19,21). The number of benzene rings is 2. The largest absolute Gasteiger partial charge is 0.497 e. The molecule has 1 amide bonds. The maximum atomic E-state index is 12.3. The summed E-state index contributed by atoms with van der Waals surface area (Å²) in [5, 5.41) is 13.0. The van der Waals surface area contributed by atoms with Crippen LogP contribution < -0.4 is 10.1 Å². The second-order valence-electron chi connectivity index (χ2n) is 5.41. The Kier molecular flexibility index (Phi) is 5.17. The van der Waals surface area contributed by atoms with Gasteiger partial charge in [0.25, 0.3) is 5.91 Å². The van der Waals surface area contributed by atoms with Crippen LogP contribution in [0.4, 0.5) is 5.69 Å². The third kappa shape index (κ3) is 3.65. The fourth-order valence-corrected chi connectivity index (χ4v) is 2.28. The van der Waals surface area contributed by atoms with Gasteiger partial charge >= 0.3 is 0 Å². The molecule has 2 rings (SSSR count). The number of nitrogens with one attached hydrogen (secondary N) is 1. The van der Waals surface area contributed by atoms with Gasteiger partial charge in [0.1, 0.15) is 5.75 Å². The lowest BCUT2D eigenvalue weighted by Gasteiger charge is -2.16. The number of aliphatic hydroxyl groups excluding tert-OH is 1. The topological polar surface area (TPSA) is 58.6 Å². The minimum absolute atomic E-state index is 0.283. The second-order valence-corrected chi connectivity index (χ2v) is 5.41. The van der Waals surface area contributed by atoms with Crippen molar-refractivity contribution >= 4 is 11.6 Å². The van der Waals surface area contributed by atoms with Crippen LogP contribution in [0.1, 0.15) is 37.0 Å². The molecule has 0 aromatic heterocycles. The molecule has 116 valence electrons. The number of aliphatic hydroxyl groups is 1. The van der Waals surface area contributed by atoms with Crippen molar-refractivity contribution in [3.05, 3.63) is 59.7 Å². The molecule has 0 radical (unpaired) electrons. The van der Waals surface area contributed by atoms with Crippen molar-refractivity contribution in [2.75, 3.05) is 12.4 Å². The average molecular weight is 299 g/mol. The van der Waals surface area contributed by atoms with E-state index in [9.17, 15) is 9.90 Å². The van der Waals surface area contributed by atoms with Gasteiger partial charge in [-0.25, -0.2) is 0 Å². The highest BCUT2D eigenvalue weighted by atomic mass is 16.5. The minimum Gasteiger partial charge on any atom is -0.497 e. The highest BCUT2D eigenvalue weighted by Crippen LogP contribution is 2.25. The monoisotopic (exact) mass is 299 g/mol. The molecule has 0 aliphatic carbocycles. The van der Waals surface area contributed by atoms with E-state index in [1.54, 1.807) is 31.4 Å². The molecule has 0 fully saturated rings. The number of carbonyl (C=O) groups is 1. The number of para-hydroxylation sites is 1. The number of hydrogen-bond donors (Lipinski definition) is 2. The smallest absolute Gasteiger partial charge is 0.257 e. The number of hydrogen-bond acceptors (Lipinski definition) is 3. The lowest BCUT2D eigenvalue weighted by atomic mass is 10.0. The third-order valence-corrected chi connectivity index (χ3v) is 3.50. The molecule has 22 heavy (non-hydrogen) atoms. The fraction of sp³-hybridized carbons (Fsp3) is 0.278. The number of carbonyl (C=O) groups excluding carboxylic acids is 1. The minimum atomic E-state index is -1.24. The van der Waals surface area contributed by atoms with E-state index in [-0.39, 0.29) is 5.92 Å².